The van der Waals surface area contributed by atoms with Crippen molar-refractivity contribution >= 4 is 22.8 Å². The highest BCUT2D eigenvalue weighted by Gasteiger charge is 2.30. The molecule has 0 unspecified atom stereocenters. The molecular weight excluding hydrogens is 284 g/mol. The van der Waals surface area contributed by atoms with Crippen LogP contribution in [0, 0.1) is 0 Å². The van der Waals surface area contributed by atoms with Gasteiger partial charge in [0.1, 0.15) is 5.76 Å². The first-order valence-electron chi connectivity index (χ1n) is 6.87. The molecule has 3 aromatic heterocycles. The number of hydrogen-bond donors (Lipinski definition) is 2. The summed E-state index contributed by atoms with van der Waals surface area (Å²) < 4.78 is 5.41. The molecule has 0 saturated carbocycles. The third-order valence-electron chi connectivity index (χ3n) is 3.99. The quantitative estimate of drug-likeness (QED) is 0.701. The lowest BCUT2D eigenvalue weighted by Crippen LogP contribution is -2.23. The SMILES string of the molecule is Nc1nc2ncc3c(c2c(=O)[nH]1)C[C@@H](c1ccco1)CC3=O. The summed E-state index contributed by atoms with van der Waals surface area (Å²) in [5.41, 5.74) is 6.57. The van der Waals surface area contributed by atoms with Crippen LogP contribution in [-0.2, 0) is 6.42 Å². The number of fused-ring (bicyclic) bond motifs is 3. The predicted molar refractivity (Wildman–Crippen MR) is 78.7 cm³/mol. The van der Waals surface area contributed by atoms with Crippen LogP contribution in [0.2, 0.25) is 0 Å². The van der Waals surface area contributed by atoms with E-state index in [1.165, 1.54) is 6.20 Å². The number of carbonyl (C=O) groups is 1. The molecule has 0 spiro atoms. The highest BCUT2D eigenvalue weighted by atomic mass is 16.3. The summed E-state index contributed by atoms with van der Waals surface area (Å²) in [4.78, 5) is 35.2. The zero-order chi connectivity index (χ0) is 15.3. The van der Waals surface area contributed by atoms with Gasteiger partial charge in [0, 0.05) is 24.1 Å². The molecule has 0 aromatic carbocycles. The lowest BCUT2D eigenvalue weighted by molar-refractivity contribution is 0.0960. The Morgan fingerprint density at radius 1 is 1.32 bits per heavy atom. The van der Waals surface area contributed by atoms with Crippen LogP contribution in [0.1, 0.15) is 34.0 Å². The van der Waals surface area contributed by atoms with Crippen molar-refractivity contribution in [2.75, 3.05) is 5.73 Å². The summed E-state index contributed by atoms with van der Waals surface area (Å²) in [7, 11) is 0. The van der Waals surface area contributed by atoms with Crippen LogP contribution in [0.15, 0.2) is 33.8 Å². The Hall–Kier alpha value is -2.96. The van der Waals surface area contributed by atoms with Gasteiger partial charge in [-0.1, -0.05) is 0 Å². The minimum Gasteiger partial charge on any atom is -0.469 e. The molecule has 0 radical (unpaired) electrons. The number of anilines is 1. The van der Waals surface area contributed by atoms with Gasteiger partial charge in [-0.15, -0.1) is 0 Å². The Morgan fingerprint density at radius 2 is 2.18 bits per heavy atom. The van der Waals surface area contributed by atoms with Gasteiger partial charge in [-0.2, -0.15) is 4.98 Å². The van der Waals surface area contributed by atoms with Crippen LogP contribution in [0.4, 0.5) is 5.95 Å². The van der Waals surface area contributed by atoms with Crippen LogP contribution < -0.4 is 11.3 Å². The van der Waals surface area contributed by atoms with Gasteiger partial charge in [0.2, 0.25) is 5.95 Å². The molecule has 0 fully saturated rings. The third kappa shape index (κ3) is 1.82. The second kappa shape index (κ2) is 4.52. The second-order valence-corrected chi connectivity index (χ2v) is 5.34. The normalized spacial score (nSPS) is 17.6. The molecule has 1 aliphatic rings. The summed E-state index contributed by atoms with van der Waals surface area (Å²) in [6.07, 6.45) is 3.93. The lowest BCUT2D eigenvalue weighted by atomic mass is 9.81. The summed E-state index contributed by atoms with van der Waals surface area (Å²) in [6.45, 7) is 0. The summed E-state index contributed by atoms with van der Waals surface area (Å²) in [5.74, 6) is 0.615. The molecule has 0 bridgehead atoms. The van der Waals surface area contributed by atoms with Crippen LogP contribution in [-0.4, -0.2) is 20.7 Å². The molecule has 3 heterocycles. The van der Waals surface area contributed by atoms with E-state index in [2.05, 4.69) is 15.0 Å². The fourth-order valence-corrected chi connectivity index (χ4v) is 3.01. The largest absolute Gasteiger partial charge is 0.469 e. The Labute approximate surface area is 124 Å². The molecule has 7 heteroatoms. The van der Waals surface area contributed by atoms with Crippen molar-refractivity contribution in [3.8, 4) is 0 Å². The van der Waals surface area contributed by atoms with Crippen molar-refractivity contribution in [2.24, 2.45) is 0 Å². The molecule has 1 aliphatic carbocycles. The first-order chi connectivity index (χ1) is 10.6. The smallest absolute Gasteiger partial charge is 0.262 e. The highest BCUT2D eigenvalue weighted by molar-refractivity contribution is 6.02. The number of aromatic nitrogens is 3. The van der Waals surface area contributed by atoms with Gasteiger partial charge in [-0.05, 0) is 24.1 Å². The van der Waals surface area contributed by atoms with Crippen molar-refractivity contribution in [1.29, 1.82) is 0 Å². The van der Waals surface area contributed by atoms with Crippen molar-refractivity contribution in [1.82, 2.24) is 15.0 Å². The number of Topliss-reactive ketones (excluding diaryl/α,β-unsaturated/α-hetero) is 1. The first-order valence-corrected chi connectivity index (χ1v) is 6.87. The Morgan fingerprint density at radius 3 is 2.95 bits per heavy atom. The number of nitrogens with two attached hydrogens (primary N) is 1. The summed E-state index contributed by atoms with van der Waals surface area (Å²) in [6, 6.07) is 3.63. The fourth-order valence-electron chi connectivity index (χ4n) is 3.01. The van der Waals surface area contributed by atoms with Gasteiger partial charge in [0.25, 0.3) is 5.56 Å². The van der Waals surface area contributed by atoms with E-state index < -0.39 is 0 Å². The van der Waals surface area contributed by atoms with E-state index in [0.717, 1.165) is 5.76 Å². The van der Waals surface area contributed by atoms with E-state index in [-0.39, 0.29) is 28.9 Å². The number of rotatable bonds is 1. The average Bonchev–Trinajstić information content (AvgIpc) is 3.00. The van der Waals surface area contributed by atoms with E-state index in [4.69, 9.17) is 10.2 Å². The second-order valence-electron chi connectivity index (χ2n) is 5.34. The molecule has 1 atom stereocenters. The number of nitrogens with one attached hydrogen (secondary N) is 1. The van der Waals surface area contributed by atoms with E-state index in [1.807, 2.05) is 6.07 Å². The number of nitrogens with zero attached hydrogens (tertiary/aromatic N) is 2. The third-order valence-corrected chi connectivity index (χ3v) is 3.99. The molecular formula is C15H12N4O3. The van der Waals surface area contributed by atoms with E-state index in [0.29, 0.717) is 29.4 Å². The van der Waals surface area contributed by atoms with Gasteiger partial charge >= 0.3 is 0 Å². The zero-order valence-electron chi connectivity index (χ0n) is 11.5. The standard InChI is InChI=1S/C15H12N4O3/c16-15-18-13-12(14(21)19-15)8-4-7(11-2-1-3-22-11)5-10(20)9(8)6-17-13/h1-3,6-7H,4-5H2,(H3,16,17,18,19,21)/t7-/m1/s1. The van der Waals surface area contributed by atoms with Crippen LogP contribution >= 0.6 is 0 Å². The molecule has 3 N–H and O–H groups in total. The fraction of sp³-hybridized carbons (Fsp3) is 0.200. The minimum absolute atomic E-state index is 0.00895. The molecule has 110 valence electrons. The van der Waals surface area contributed by atoms with Crippen molar-refractivity contribution < 1.29 is 9.21 Å². The van der Waals surface area contributed by atoms with Gasteiger partial charge in [-0.3, -0.25) is 14.6 Å². The number of furan rings is 1. The number of hydrogen-bond acceptors (Lipinski definition) is 6. The van der Waals surface area contributed by atoms with E-state index >= 15 is 0 Å². The van der Waals surface area contributed by atoms with Crippen molar-refractivity contribution in [2.45, 2.75) is 18.8 Å². The number of ketones is 1. The number of carbonyl (C=O) groups excluding carboxylic acids is 1. The Kier molecular flexibility index (Phi) is 2.62. The van der Waals surface area contributed by atoms with Gasteiger partial charge in [0.05, 0.1) is 11.6 Å². The highest BCUT2D eigenvalue weighted by Crippen LogP contribution is 2.34. The van der Waals surface area contributed by atoms with Gasteiger partial charge in [0.15, 0.2) is 11.4 Å². The summed E-state index contributed by atoms with van der Waals surface area (Å²) >= 11 is 0. The zero-order valence-corrected chi connectivity index (χ0v) is 11.5. The number of H-pyrrole nitrogens is 1. The van der Waals surface area contributed by atoms with Crippen molar-refractivity contribution in [3.63, 3.8) is 0 Å². The first kappa shape index (κ1) is 12.8. The van der Waals surface area contributed by atoms with Crippen LogP contribution in [0.5, 0.6) is 0 Å². The van der Waals surface area contributed by atoms with Gasteiger partial charge < -0.3 is 10.2 Å². The van der Waals surface area contributed by atoms with Crippen LogP contribution in [0.25, 0.3) is 11.0 Å². The average molecular weight is 296 g/mol. The molecule has 0 aliphatic heterocycles. The number of nitrogen functional groups attached to an aromatic ring is 1. The number of pyridine rings is 1. The molecule has 0 saturated heterocycles. The maximum Gasteiger partial charge on any atom is 0.262 e. The van der Waals surface area contributed by atoms with Crippen molar-refractivity contribution in [3.05, 3.63) is 51.8 Å². The Bertz CT molecular complexity index is 943. The van der Waals surface area contributed by atoms with Gasteiger partial charge in [-0.25, -0.2) is 4.98 Å². The minimum atomic E-state index is -0.375. The number of aromatic amines is 1. The van der Waals surface area contributed by atoms with Crippen LogP contribution in [0.3, 0.4) is 0 Å². The molecule has 7 nitrogen and oxygen atoms in total. The maximum atomic E-state index is 12.4. The molecule has 22 heavy (non-hydrogen) atoms. The monoisotopic (exact) mass is 296 g/mol. The topological polar surface area (TPSA) is 115 Å². The lowest BCUT2D eigenvalue weighted by Gasteiger charge is -2.22. The van der Waals surface area contributed by atoms with E-state index in [1.54, 1.807) is 12.3 Å². The molecule has 4 rings (SSSR count). The Balaban J connectivity index is 1.95. The van der Waals surface area contributed by atoms with E-state index in [9.17, 15) is 9.59 Å². The molecule has 3 aromatic rings. The maximum absolute atomic E-state index is 12.4. The molecule has 0 amide bonds. The summed E-state index contributed by atoms with van der Waals surface area (Å²) in [5, 5.41) is 0.330. The predicted octanol–water partition coefficient (Wildman–Crippen LogP) is 1.41.